The number of nitrogens with zero attached hydrogens (tertiary/aromatic N) is 1. The van der Waals surface area contributed by atoms with E-state index in [1.165, 1.54) is 18.9 Å². The molecule has 1 saturated heterocycles. The van der Waals surface area contributed by atoms with Crippen LogP contribution in [0.1, 0.15) is 12.0 Å². The molecule has 0 radical (unpaired) electrons. The van der Waals surface area contributed by atoms with Crippen LogP contribution in [0.2, 0.25) is 0 Å². The molecule has 0 saturated carbocycles. The van der Waals surface area contributed by atoms with Gasteiger partial charge < -0.3 is 20.1 Å². The molecular formula is C20H21N3O4S. The molecule has 2 aromatic rings. The van der Waals surface area contributed by atoms with Gasteiger partial charge in [0.25, 0.3) is 0 Å². The number of hydrogen-bond acceptors (Lipinski definition) is 6. The van der Waals surface area contributed by atoms with Crippen molar-refractivity contribution in [1.82, 2.24) is 5.32 Å². The maximum Gasteiger partial charge on any atom is 0.240 e. The number of hydrogen-bond donors (Lipinski definition) is 2. The highest BCUT2D eigenvalue weighted by molar-refractivity contribution is 8.15. The van der Waals surface area contributed by atoms with Gasteiger partial charge in [-0.05, 0) is 17.7 Å². The predicted molar refractivity (Wildman–Crippen MR) is 110 cm³/mol. The van der Waals surface area contributed by atoms with Crippen LogP contribution in [0.15, 0.2) is 53.5 Å². The highest BCUT2D eigenvalue weighted by Gasteiger charge is 2.32. The van der Waals surface area contributed by atoms with Crippen molar-refractivity contribution < 1.29 is 19.1 Å². The summed E-state index contributed by atoms with van der Waals surface area (Å²) >= 11 is 1.27. The van der Waals surface area contributed by atoms with Gasteiger partial charge in [-0.25, -0.2) is 0 Å². The summed E-state index contributed by atoms with van der Waals surface area (Å²) in [5.74, 6) is 0.607. The topological polar surface area (TPSA) is 89.0 Å². The third kappa shape index (κ3) is 5.04. The van der Waals surface area contributed by atoms with Crippen LogP contribution in [0.25, 0.3) is 0 Å². The van der Waals surface area contributed by atoms with Crippen LogP contribution < -0.4 is 20.1 Å². The number of benzene rings is 2. The van der Waals surface area contributed by atoms with Crippen LogP contribution in [-0.4, -0.2) is 36.5 Å². The number of thioether (sulfide) groups is 1. The molecule has 8 heteroatoms. The van der Waals surface area contributed by atoms with Gasteiger partial charge in [0, 0.05) is 12.5 Å². The molecule has 3 rings (SSSR count). The van der Waals surface area contributed by atoms with Gasteiger partial charge in [0.2, 0.25) is 11.8 Å². The first kappa shape index (κ1) is 19.8. The van der Waals surface area contributed by atoms with Gasteiger partial charge >= 0.3 is 0 Å². The summed E-state index contributed by atoms with van der Waals surface area (Å²) in [6.45, 7) is 0.476. The molecule has 2 aromatic carbocycles. The molecule has 1 atom stereocenters. The van der Waals surface area contributed by atoms with E-state index in [0.29, 0.717) is 28.9 Å². The number of anilines is 1. The fourth-order valence-electron chi connectivity index (χ4n) is 2.64. The minimum atomic E-state index is -0.522. The van der Waals surface area contributed by atoms with Crippen molar-refractivity contribution in [3.05, 3.63) is 54.1 Å². The lowest BCUT2D eigenvalue weighted by molar-refractivity contribution is -0.122. The number of aliphatic imine (C=N–C) groups is 1. The number of ether oxygens (including phenoxy) is 2. The zero-order valence-electron chi connectivity index (χ0n) is 15.6. The minimum Gasteiger partial charge on any atom is -0.497 e. The molecule has 0 aliphatic carbocycles. The molecule has 28 heavy (non-hydrogen) atoms. The Bertz CT molecular complexity index is 886. The van der Waals surface area contributed by atoms with Gasteiger partial charge in [0.1, 0.15) is 16.7 Å². The zero-order chi connectivity index (χ0) is 19.9. The lowest BCUT2D eigenvalue weighted by atomic mass is 10.2. The van der Waals surface area contributed by atoms with Crippen LogP contribution in [0, 0.1) is 0 Å². The van der Waals surface area contributed by atoms with Crippen molar-refractivity contribution in [1.29, 1.82) is 0 Å². The maximum atomic E-state index is 12.4. The molecule has 1 aliphatic rings. The van der Waals surface area contributed by atoms with Gasteiger partial charge in [-0.15, -0.1) is 0 Å². The Labute approximate surface area is 167 Å². The van der Waals surface area contributed by atoms with Crippen molar-refractivity contribution in [3.63, 3.8) is 0 Å². The van der Waals surface area contributed by atoms with Crippen molar-refractivity contribution >= 4 is 34.4 Å². The maximum absolute atomic E-state index is 12.4. The third-order valence-corrected chi connectivity index (χ3v) is 5.20. The Balaban J connectivity index is 1.59. The van der Waals surface area contributed by atoms with Crippen molar-refractivity contribution in [2.45, 2.75) is 18.2 Å². The lowest BCUT2D eigenvalue weighted by Crippen LogP contribution is -2.28. The van der Waals surface area contributed by atoms with Gasteiger partial charge in [-0.3, -0.25) is 14.6 Å². The van der Waals surface area contributed by atoms with E-state index in [4.69, 9.17) is 9.47 Å². The quantitative estimate of drug-likeness (QED) is 0.747. The first-order valence-corrected chi connectivity index (χ1v) is 9.55. The van der Waals surface area contributed by atoms with Crippen molar-refractivity contribution in [2.24, 2.45) is 4.99 Å². The first-order valence-electron chi connectivity index (χ1n) is 8.67. The molecule has 146 valence electrons. The van der Waals surface area contributed by atoms with Crippen molar-refractivity contribution in [2.75, 3.05) is 19.5 Å². The molecule has 0 unspecified atom stereocenters. The molecule has 1 fully saturated rings. The summed E-state index contributed by atoms with van der Waals surface area (Å²) in [6, 6.07) is 14.9. The van der Waals surface area contributed by atoms with Crippen LogP contribution >= 0.6 is 11.8 Å². The first-order chi connectivity index (χ1) is 13.6. The monoisotopic (exact) mass is 399 g/mol. The van der Waals surface area contributed by atoms with E-state index in [9.17, 15) is 9.59 Å². The highest BCUT2D eigenvalue weighted by Crippen LogP contribution is 2.30. The number of amidine groups is 1. The number of amides is 2. The Kier molecular flexibility index (Phi) is 6.54. The predicted octanol–water partition coefficient (Wildman–Crippen LogP) is 2.82. The Hall–Kier alpha value is -3.00. The zero-order valence-corrected chi connectivity index (χ0v) is 16.4. The molecule has 1 aliphatic heterocycles. The third-order valence-electron chi connectivity index (χ3n) is 4.08. The number of carbonyl (C=O) groups excluding carboxylic acids is 2. The van der Waals surface area contributed by atoms with Gasteiger partial charge in [0.15, 0.2) is 5.17 Å². The number of nitrogens with one attached hydrogen (secondary N) is 2. The van der Waals surface area contributed by atoms with E-state index in [-0.39, 0.29) is 18.2 Å². The summed E-state index contributed by atoms with van der Waals surface area (Å²) in [5.41, 5.74) is 1.55. The molecule has 0 bridgehead atoms. The highest BCUT2D eigenvalue weighted by atomic mass is 32.2. The summed E-state index contributed by atoms with van der Waals surface area (Å²) in [6.07, 6.45) is 0.0290. The molecule has 1 heterocycles. The Morgan fingerprint density at radius 1 is 1.18 bits per heavy atom. The van der Waals surface area contributed by atoms with Gasteiger partial charge in [0.05, 0.1) is 26.5 Å². The molecular weight excluding hydrogens is 378 g/mol. The standard InChI is InChI=1S/C20H21N3O4S/c1-26-14-8-9-16(27-2)15(10-14)22-18(24)11-17-19(25)23-20(28-17)21-12-13-6-4-3-5-7-13/h3-10,17H,11-12H2,1-2H3,(H,22,24)(H,21,23,25)/t17-/m0/s1. The summed E-state index contributed by atoms with van der Waals surface area (Å²) in [4.78, 5) is 29.0. The van der Waals surface area contributed by atoms with E-state index < -0.39 is 5.25 Å². The summed E-state index contributed by atoms with van der Waals surface area (Å²) in [7, 11) is 3.07. The normalized spacial score (nSPS) is 17.3. The van der Waals surface area contributed by atoms with Crippen LogP contribution in [0.5, 0.6) is 11.5 Å². The average molecular weight is 399 g/mol. The van der Waals surface area contributed by atoms with E-state index in [0.717, 1.165) is 5.56 Å². The SMILES string of the molecule is COc1ccc(OC)c(NC(=O)C[C@@H]2SC(=NCc3ccccc3)NC2=O)c1. The number of rotatable bonds is 7. The minimum absolute atomic E-state index is 0.0290. The molecule has 2 amide bonds. The number of methoxy groups -OCH3 is 2. The van der Waals surface area contributed by atoms with E-state index >= 15 is 0 Å². The second-order valence-electron chi connectivity index (χ2n) is 6.02. The molecule has 7 nitrogen and oxygen atoms in total. The average Bonchev–Trinajstić information content (AvgIpc) is 3.06. The number of carbonyl (C=O) groups is 2. The largest absolute Gasteiger partial charge is 0.497 e. The Morgan fingerprint density at radius 2 is 1.96 bits per heavy atom. The summed E-state index contributed by atoms with van der Waals surface area (Å²) < 4.78 is 10.4. The molecule has 2 N–H and O–H groups in total. The van der Waals surface area contributed by atoms with Gasteiger partial charge in [-0.2, -0.15) is 0 Å². The fraction of sp³-hybridized carbons (Fsp3) is 0.250. The van der Waals surface area contributed by atoms with Crippen LogP contribution in [0.3, 0.4) is 0 Å². The van der Waals surface area contributed by atoms with E-state index in [2.05, 4.69) is 15.6 Å². The molecule has 0 aromatic heterocycles. The van der Waals surface area contributed by atoms with Crippen LogP contribution in [0.4, 0.5) is 5.69 Å². The smallest absolute Gasteiger partial charge is 0.240 e. The second kappa shape index (κ2) is 9.27. The fourth-order valence-corrected chi connectivity index (χ4v) is 3.61. The Morgan fingerprint density at radius 3 is 2.68 bits per heavy atom. The van der Waals surface area contributed by atoms with Crippen LogP contribution in [-0.2, 0) is 16.1 Å². The summed E-state index contributed by atoms with van der Waals surface area (Å²) in [5, 5.41) is 5.52. The second-order valence-corrected chi connectivity index (χ2v) is 7.21. The molecule has 0 spiro atoms. The lowest BCUT2D eigenvalue weighted by Gasteiger charge is -2.12. The van der Waals surface area contributed by atoms with Gasteiger partial charge in [-0.1, -0.05) is 42.1 Å². The van der Waals surface area contributed by atoms with E-state index in [1.807, 2.05) is 30.3 Å². The van der Waals surface area contributed by atoms with Crippen molar-refractivity contribution in [3.8, 4) is 11.5 Å². The van der Waals surface area contributed by atoms with E-state index in [1.54, 1.807) is 25.3 Å².